The minimum atomic E-state index is -3.82. The summed E-state index contributed by atoms with van der Waals surface area (Å²) in [5, 5.41) is 1.05. The molecule has 0 saturated heterocycles. The first-order valence-electron chi connectivity index (χ1n) is 8.97. The number of sulfonamides is 1. The van der Waals surface area contributed by atoms with Gasteiger partial charge < -0.3 is 9.30 Å². The Morgan fingerprint density at radius 1 is 1.29 bits per heavy atom. The fourth-order valence-electron chi connectivity index (χ4n) is 3.38. The third-order valence-electron chi connectivity index (χ3n) is 4.98. The topological polar surface area (TPSA) is 77.4 Å². The summed E-state index contributed by atoms with van der Waals surface area (Å²) >= 11 is 12.2. The summed E-state index contributed by atoms with van der Waals surface area (Å²) in [7, 11) is -2.21. The molecule has 3 rings (SSSR count). The van der Waals surface area contributed by atoms with Crippen LogP contribution in [-0.2, 0) is 28.2 Å². The first-order valence-corrected chi connectivity index (χ1v) is 11.2. The van der Waals surface area contributed by atoms with Gasteiger partial charge in [-0.1, -0.05) is 29.3 Å². The van der Waals surface area contributed by atoms with Crippen molar-refractivity contribution < 1.29 is 17.9 Å². The third kappa shape index (κ3) is 4.38. The van der Waals surface area contributed by atoms with Gasteiger partial charge in [0.25, 0.3) is 0 Å². The van der Waals surface area contributed by atoms with E-state index in [0.29, 0.717) is 29.3 Å². The molecule has 0 spiro atoms. The molecule has 28 heavy (non-hydrogen) atoms. The van der Waals surface area contributed by atoms with Crippen LogP contribution in [0.2, 0.25) is 10.0 Å². The average molecular weight is 445 g/mol. The molecule has 1 saturated carbocycles. The fourth-order valence-corrected chi connectivity index (χ4v) is 5.38. The number of aromatic nitrogens is 1. The van der Waals surface area contributed by atoms with Crippen LogP contribution >= 0.6 is 23.2 Å². The molecule has 2 aromatic rings. The van der Waals surface area contributed by atoms with Crippen molar-refractivity contribution in [3.63, 3.8) is 0 Å². The van der Waals surface area contributed by atoms with Crippen LogP contribution in [0.3, 0.4) is 0 Å². The number of hydrogen-bond donors (Lipinski definition) is 1. The molecular formula is C19H22Cl2N2O4S. The lowest BCUT2D eigenvalue weighted by atomic mass is 9.74. The van der Waals surface area contributed by atoms with Gasteiger partial charge in [0.15, 0.2) is 0 Å². The van der Waals surface area contributed by atoms with E-state index in [-0.39, 0.29) is 17.2 Å². The van der Waals surface area contributed by atoms with Gasteiger partial charge in [-0.15, -0.1) is 0 Å². The van der Waals surface area contributed by atoms with Crippen molar-refractivity contribution in [1.82, 2.24) is 9.29 Å². The van der Waals surface area contributed by atoms with Crippen LogP contribution in [0.4, 0.5) is 0 Å². The van der Waals surface area contributed by atoms with Crippen molar-refractivity contribution in [3.05, 3.63) is 51.8 Å². The number of nitrogens with one attached hydrogen (secondary N) is 1. The number of esters is 1. The normalized spacial score (nSPS) is 15.9. The number of aryl methyl sites for hydroxylation is 1. The number of carbonyl (C=O) groups excluding carboxylic acids is 1. The molecule has 1 heterocycles. The number of benzene rings is 1. The Kier molecular flexibility index (Phi) is 6.10. The van der Waals surface area contributed by atoms with Crippen molar-refractivity contribution in [2.75, 3.05) is 6.61 Å². The van der Waals surface area contributed by atoms with E-state index in [1.165, 1.54) is 16.8 Å². The van der Waals surface area contributed by atoms with E-state index in [1.807, 2.05) is 6.07 Å². The molecule has 0 aliphatic heterocycles. The Labute approximate surface area is 174 Å². The van der Waals surface area contributed by atoms with Gasteiger partial charge in [0.1, 0.15) is 10.6 Å². The summed E-state index contributed by atoms with van der Waals surface area (Å²) in [5.41, 5.74) is 0.426. The minimum Gasteiger partial charge on any atom is -0.461 e. The van der Waals surface area contributed by atoms with E-state index in [9.17, 15) is 13.2 Å². The Balaban J connectivity index is 1.84. The number of rotatable bonds is 7. The molecule has 1 aliphatic rings. The first-order chi connectivity index (χ1) is 13.2. The average Bonchev–Trinajstić information content (AvgIpc) is 2.98. The number of ether oxygens (including phenoxy) is 1. The predicted octanol–water partition coefficient (Wildman–Crippen LogP) is 3.95. The molecule has 1 aliphatic carbocycles. The summed E-state index contributed by atoms with van der Waals surface area (Å²) in [5.74, 6) is -0.558. The smallest absolute Gasteiger partial charge is 0.354 e. The summed E-state index contributed by atoms with van der Waals surface area (Å²) < 4.78 is 35.2. The van der Waals surface area contributed by atoms with Crippen LogP contribution in [0.1, 0.15) is 42.2 Å². The predicted molar refractivity (Wildman–Crippen MR) is 108 cm³/mol. The lowest BCUT2D eigenvalue weighted by Crippen LogP contribution is -2.54. The van der Waals surface area contributed by atoms with Crippen LogP contribution in [0.25, 0.3) is 0 Å². The van der Waals surface area contributed by atoms with Gasteiger partial charge in [0, 0.05) is 28.8 Å². The molecular weight excluding hydrogens is 423 g/mol. The lowest BCUT2D eigenvalue weighted by Gasteiger charge is -2.42. The number of carbonyl (C=O) groups is 1. The van der Waals surface area contributed by atoms with Crippen molar-refractivity contribution in [1.29, 1.82) is 0 Å². The second-order valence-electron chi connectivity index (χ2n) is 7.04. The van der Waals surface area contributed by atoms with E-state index < -0.39 is 21.5 Å². The molecule has 9 heteroatoms. The lowest BCUT2D eigenvalue weighted by molar-refractivity contribution is 0.0515. The second-order valence-corrected chi connectivity index (χ2v) is 9.57. The molecule has 1 aromatic heterocycles. The summed E-state index contributed by atoms with van der Waals surface area (Å²) in [6.07, 6.45) is 4.23. The number of nitrogens with zero attached hydrogens (tertiary/aromatic N) is 1. The van der Waals surface area contributed by atoms with Gasteiger partial charge in [-0.2, -0.15) is 0 Å². The van der Waals surface area contributed by atoms with Crippen molar-refractivity contribution in [3.8, 4) is 0 Å². The first kappa shape index (κ1) is 21.2. The zero-order chi connectivity index (χ0) is 20.5. The van der Waals surface area contributed by atoms with Gasteiger partial charge in [0.2, 0.25) is 10.0 Å². The summed E-state index contributed by atoms with van der Waals surface area (Å²) in [6.45, 7) is 1.91. The highest BCUT2D eigenvalue weighted by Gasteiger charge is 2.41. The van der Waals surface area contributed by atoms with E-state index in [2.05, 4.69) is 4.72 Å². The quantitative estimate of drug-likeness (QED) is 0.655. The Bertz CT molecular complexity index is 997. The van der Waals surface area contributed by atoms with Crippen LogP contribution in [0.15, 0.2) is 35.4 Å². The van der Waals surface area contributed by atoms with E-state index in [4.69, 9.17) is 27.9 Å². The number of halogens is 2. The maximum absolute atomic E-state index is 13.0. The molecule has 1 fully saturated rings. The molecule has 0 atom stereocenters. The molecule has 6 nitrogen and oxygen atoms in total. The van der Waals surface area contributed by atoms with Crippen molar-refractivity contribution >= 4 is 39.2 Å². The van der Waals surface area contributed by atoms with Crippen LogP contribution < -0.4 is 4.72 Å². The SMILES string of the molecule is CCOC(=O)c1cc(S(=O)(=O)NC2(Cc3ccc(Cl)cc3Cl)CCC2)cn1C. The monoisotopic (exact) mass is 444 g/mol. The second kappa shape index (κ2) is 8.06. The molecule has 0 radical (unpaired) electrons. The largest absolute Gasteiger partial charge is 0.461 e. The molecule has 0 unspecified atom stereocenters. The standard InChI is InChI=1S/C19H22Cl2N2O4S/c1-3-27-18(24)17-10-15(12-23(17)2)28(25,26)22-19(7-4-8-19)11-13-5-6-14(20)9-16(13)21/h5-6,9-10,12,22H,3-4,7-8,11H2,1-2H3. The zero-order valence-electron chi connectivity index (χ0n) is 15.7. The molecule has 1 aromatic carbocycles. The Hall–Kier alpha value is -1.54. The van der Waals surface area contributed by atoms with Crippen molar-refractivity contribution in [2.24, 2.45) is 7.05 Å². The Morgan fingerprint density at radius 3 is 2.57 bits per heavy atom. The van der Waals surface area contributed by atoms with E-state index in [1.54, 1.807) is 26.1 Å². The van der Waals surface area contributed by atoms with Crippen LogP contribution in [-0.4, -0.2) is 31.1 Å². The van der Waals surface area contributed by atoms with Gasteiger partial charge >= 0.3 is 5.97 Å². The molecule has 1 N–H and O–H groups in total. The fraction of sp³-hybridized carbons (Fsp3) is 0.421. The summed E-state index contributed by atoms with van der Waals surface area (Å²) in [6, 6.07) is 6.55. The summed E-state index contributed by atoms with van der Waals surface area (Å²) in [4.78, 5) is 12.0. The molecule has 0 amide bonds. The molecule has 0 bridgehead atoms. The zero-order valence-corrected chi connectivity index (χ0v) is 18.0. The van der Waals surface area contributed by atoms with Gasteiger partial charge in [-0.25, -0.2) is 17.9 Å². The highest BCUT2D eigenvalue weighted by Crippen LogP contribution is 2.38. The van der Waals surface area contributed by atoms with Gasteiger partial charge in [-0.3, -0.25) is 0 Å². The minimum absolute atomic E-state index is 0.0338. The third-order valence-corrected chi connectivity index (χ3v) is 7.11. The van der Waals surface area contributed by atoms with E-state index in [0.717, 1.165) is 12.0 Å². The van der Waals surface area contributed by atoms with E-state index >= 15 is 0 Å². The highest BCUT2D eigenvalue weighted by molar-refractivity contribution is 7.89. The maximum atomic E-state index is 13.0. The van der Waals surface area contributed by atoms with Gasteiger partial charge in [-0.05, 0) is 56.4 Å². The Morgan fingerprint density at radius 2 is 2.00 bits per heavy atom. The maximum Gasteiger partial charge on any atom is 0.354 e. The van der Waals surface area contributed by atoms with Crippen LogP contribution in [0, 0.1) is 0 Å². The molecule has 152 valence electrons. The number of hydrogen-bond acceptors (Lipinski definition) is 4. The highest BCUT2D eigenvalue weighted by atomic mass is 35.5. The van der Waals surface area contributed by atoms with Crippen molar-refractivity contribution in [2.45, 2.75) is 43.0 Å². The van der Waals surface area contributed by atoms with Gasteiger partial charge in [0.05, 0.1) is 6.61 Å². The van der Waals surface area contributed by atoms with Crippen LogP contribution in [0.5, 0.6) is 0 Å².